The Morgan fingerprint density at radius 2 is 0.836 bits per heavy atom. The molecule has 8 aromatic rings. The Hall–Kier alpha value is -6.58. The van der Waals surface area contributed by atoms with Crippen LogP contribution in [0, 0.1) is 0 Å². The van der Waals surface area contributed by atoms with Crippen molar-refractivity contribution < 1.29 is 0 Å². The predicted octanol–water partition coefficient (Wildman–Crippen LogP) is 13.6. The zero-order valence-corrected chi connectivity index (χ0v) is 31.6. The van der Waals surface area contributed by atoms with E-state index in [2.05, 4.69) is 184 Å². The van der Waals surface area contributed by atoms with Crippen LogP contribution in [0.25, 0.3) is 56.2 Å². The van der Waals surface area contributed by atoms with Crippen LogP contribution >= 0.6 is 0 Å². The van der Waals surface area contributed by atoms with E-state index in [1.165, 1.54) is 61.6 Å². The van der Waals surface area contributed by atoms with Crippen LogP contribution in [0.5, 0.6) is 0 Å². The van der Waals surface area contributed by atoms with Crippen molar-refractivity contribution in [1.82, 2.24) is 9.97 Å². The van der Waals surface area contributed by atoms with Gasteiger partial charge in [-0.15, -0.1) is 0 Å². The second-order valence-electron chi connectivity index (χ2n) is 15.9. The largest absolute Gasteiger partial charge is 0.310 e. The summed E-state index contributed by atoms with van der Waals surface area (Å²) in [6.45, 7) is 9.45. The molecule has 1 aliphatic carbocycles. The minimum atomic E-state index is -0.204. The van der Waals surface area contributed by atoms with E-state index >= 15 is 0 Å². The molecule has 3 nitrogen and oxygen atoms in total. The van der Waals surface area contributed by atoms with Crippen LogP contribution in [0.4, 0.5) is 17.1 Å². The first-order valence-corrected chi connectivity index (χ1v) is 19.2. The Bertz CT molecular complexity index is 2690. The minimum absolute atomic E-state index is 0.169. The van der Waals surface area contributed by atoms with E-state index in [0.29, 0.717) is 0 Å². The van der Waals surface area contributed by atoms with Gasteiger partial charge in [0.05, 0.1) is 22.8 Å². The average Bonchev–Trinajstić information content (AvgIpc) is 3.46. The molecular weight excluding hydrogens is 667 g/mol. The Balaban J connectivity index is 1.05. The van der Waals surface area contributed by atoms with E-state index in [4.69, 9.17) is 9.97 Å². The van der Waals surface area contributed by atoms with Crippen molar-refractivity contribution in [2.24, 2.45) is 0 Å². The van der Waals surface area contributed by atoms with Crippen molar-refractivity contribution >= 4 is 17.1 Å². The van der Waals surface area contributed by atoms with Crippen molar-refractivity contribution in [2.75, 3.05) is 4.90 Å². The van der Waals surface area contributed by atoms with Gasteiger partial charge in [-0.25, -0.2) is 9.97 Å². The second kappa shape index (κ2) is 12.5. The highest BCUT2D eigenvalue weighted by Gasteiger charge is 2.38. The number of hydrogen-bond donors (Lipinski definition) is 0. The number of anilines is 3. The zero-order chi connectivity index (χ0) is 37.3. The minimum Gasteiger partial charge on any atom is -0.310 e. The lowest BCUT2D eigenvalue weighted by atomic mass is 9.72. The van der Waals surface area contributed by atoms with Crippen LogP contribution in [-0.4, -0.2) is 9.97 Å². The van der Waals surface area contributed by atoms with Gasteiger partial charge in [0.25, 0.3) is 0 Å². The number of hydrogen-bond acceptors (Lipinski definition) is 3. The Kier molecular flexibility index (Phi) is 7.50. The molecule has 0 spiro atoms. The molecule has 2 aliphatic rings. The van der Waals surface area contributed by atoms with Crippen LogP contribution in [0.1, 0.15) is 49.9 Å². The summed E-state index contributed by atoms with van der Waals surface area (Å²) in [4.78, 5) is 12.6. The second-order valence-corrected chi connectivity index (χ2v) is 15.9. The van der Waals surface area contributed by atoms with Gasteiger partial charge in [0.2, 0.25) is 0 Å². The molecule has 0 atom stereocenters. The molecule has 0 fully saturated rings. The van der Waals surface area contributed by atoms with Gasteiger partial charge in [0.1, 0.15) is 0 Å². The molecule has 0 bridgehead atoms. The molecule has 1 aliphatic heterocycles. The lowest BCUT2D eigenvalue weighted by Gasteiger charge is -2.42. The third kappa shape index (κ3) is 5.33. The molecule has 2 heterocycles. The van der Waals surface area contributed by atoms with Gasteiger partial charge in [-0.1, -0.05) is 155 Å². The molecule has 0 unspecified atom stereocenters. The third-order valence-electron chi connectivity index (χ3n) is 11.9. The summed E-state index contributed by atoms with van der Waals surface area (Å²) >= 11 is 0. The summed E-state index contributed by atoms with van der Waals surface area (Å²) in [6, 6.07) is 63.4. The van der Waals surface area contributed by atoms with Crippen molar-refractivity contribution in [3.05, 3.63) is 198 Å². The summed E-state index contributed by atoms with van der Waals surface area (Å²) in [5.74, 6) is 0.730. The van der Waals surface area contributed by atoms with Gasteiger partial charge >= 0.3 is 0 Å². The number of aromatic nitrogens is 2. The zero-order valence-electron chi connectivity index (χ0n) is 31.6. The van der Waals surface area contributed by atoms with Crippen LogP contribution in [-0.2, 0) is 10.8 Å². The molecule has 0 amide bonds. The van der Waals surface area contributed by atoms with Gasteiger partial charge in [0, 0.05) is 33.2 Å². The topological polar surface area (TPSA) is 29.0 Å². The first kappa shape index (κ1) is 33.0. The van der Waals surface area contributed by atoms with Crippen LogP contribution < -0.4 is 4.90 Å². The first-order valence-electron chi connectivity index (χ1n) is 19.2. The van der Waals surface area contributed by atoms with E-state index in [9.17, 15) is 0 Å². The molecule has 0 radical (unpaired) electrons. The van der Waals surface area contributed by atoms with Crippen molar-refractivity contribution in [2.45, 2.75) is 38.5 Å². The van der Waals surface area contributed by atoms with Crippen LogP contribution in [0.2, 0.25) is 0 Å². The lowest BCUT2D eigenvalue weighted by Crippen LogP contribution is -2.30. The Morgan fingerprint density at radius 3 is 1.51 bits per heavy atom. The number of benzene rings is 7. The number of nitrogens with zero attached hydrogens (tertiary/aromatic N) is 3. The average molecular weight is 708 g/mol. The van der Waals surface area contributed by atoms with Gasteiger partial charge in [0.15, 0.2) is 5.82 Å². The number of rotatable bonds is 5. The monoisotopic (exact) mass is 707 g/mol. The SMILES string of the molecule is CC1(C)c2cc(-c3ccc4c(c3)C(C)(C)c3ccccc3N4c3ccccc3)ccc2-c2ccc(-c3cc(-c4ccccc4)nc(-c4ccccc4)n3)cc21. The van der Waals surface area contributed by atoms with E-state index in [-0.39, 0.29) is 10.8 Å². The van der Waals surface area contributed by atoms with E-state index in [1.807, 2.05) is 24.3 Å². The summed E-state index contributed by atoms with van der Waals surface area (Å²) < 4.78 is 0. The molecule has 1 aromatic heterocycles. The van der Waals surface area contributed by atoms with E-state index < -0.39 is 0 Å². The molecule has 10 rings (SSSR count). The van der Waals surface area contributed by atoms with E-state index in [0.717, 1.165) is 33.9 Å². The molecule has 7 aromatic carbocycles. The first-order chi connectivity index (χ1) is 26.8. The van der Waals surface area contributed by atoms with Gasteiger partial charge in [-0.05, 0) is 93.0 Å². The van der Waals surface area contributed by atoms with Crippen molar-refractivity contribution in [1.29, 1.82) is 0 Å². The van der Waals surface area contributed by atoms with Crippen LogP contribution in [0.15, 0.2) is 176 Å². The predicted molar refractivity (Wildman–Crippen MR) is 228 cm³/mol. The van der Waals surface area contributed by atoms with Gasteiger partial charge in [-0.2, -0.15) is 0 Å². The summed E-state index contributed by atoms with van der Waals surface area (Å²) in [7, 11) is 0. The van der Waals surface area contributed by atoms with Crippen molar-refractivity contribution in [3.8, 4) is 56.2 Å². The maximum absolute atomic E-state index is 5.15. The maximum atomic E-state index is 5.15. The fraction of sp³-hybridized carbons (Fsp3) is 0.115. The molecule has 55 heavy (non-hydrogen) atoms. The summed E-state index contributed by atoms with van der Waals surface area (Å²) in [5.41, 5.74) is 18.7. The normalized spacial score (nSPS) is 14.4. The fourth-order valence-corrected chi connectivity index (χ4v) is 8.88. The summed E-state index contributed by atoms with van der Waals surface area (Å²) in [5, 5.41) is 0. The highest BCUT2D eigenvalue weighted by atomic mass is 15.2. The molecule has 264 valence electrons. The van der Waals surface area contributed by atoms with Gasteiger partial charge < -0.3 is 4.90 Å². The highest BCUT2D eigenvalue weighted by molar-refractivity contribution is 5.89. The smallest absolute Gasteiger partial charge is 0.160 e. The Labute approximate surface area is 323 Å². The quantitative estimate of drug-likeness (QED) is 0.178. The van der Waals surface area contributed by atoms with E-state index in [1.54, 1.807) is 0 Å². The highest BCUT2D eigenvalue weighted by Crippen LogP contribution is 2.54. The fourth-order valence-electron chi connectivity index (χ4n) is 8.88. The maximum Gasteiger partial charge on any atom is 0.160 e. The Morgan fingerprint density at radius 1 is 0.364 bits per heavy atom. The molecule has 0 N–H and O–H groups in total. The van der Waals surface area contributed by atoms with Gasteiger partial charge in [-0.3, -0.25) is 0 Å². The van der Waals surface area contributed by atoms with Crippen LogP contribution in [0.3, 0.4) is 0 Å². The molecular formula is C52H41N3. The lowest BCUT2D eigenvalue weighted by molar-refractivity contribution is 0.632. The van der Waals surface area contributed by atoms with Crippen molar-refractivity contribution in [3.63, 3.8) is 0 Å². The number of para-hydroxylation sites is 2. The molecule has 3 heteroatoms. The summed E-state index contributed by atoms with van der Waals surface area (Å²) in [6.07, 6.45) is 0. The third-order valence-corrected chi connectivity index (χ3v) is 11.9. The standard InChI is InChI=1S/C52H41N3/c1-51(2)42-22-14-15-23-48(42)55(39-20-12-7-13-21-39)49-29-26-37(31-45(49)51)36-24-27-40-41-28-25-38(32-44(41)52(3,4)43(40)30-36)47-33-46(34-16-8-5-9-17-34)53-50(54-47)35-18-10-6-11-19-35/h5-33H,1-4H3. The number of fused-ring (bicyclic) bond motifs is 5. The molecule has 0 saturated heterocycles. The molecule has 0 saturated carbocycles.